The monoisotopic (exact) mass is 249 g/mol. The smallest absolute Gasteiger partial charge is 0.0912 e. The van der Waals surface area contributed by atoms with E-state index >= 15 is 0 Å². The van der Waals surface area contributed by atoms with Crippen LogP contribution in [0.5, 0.6) is 0 Å². The Kier molecular flexibility index (Phi) is 3.53. The minimum atomic E-state index is -0.629. The Morgan fingerprint density at radius 3 is 2.75 bits per heavy atom. The standard InChI is InChI=1S/C8H9BrClNO/c9-6-2-1-5(3-7(6)10)8(12)4-11/h1-3,8,12H,4,11H2/t8-/m0/s1. The molecule has 0 aliphatic carbocycles. The lowest BCUT2D eigenvalue weighted by molar-refractivity contribution is 0.187. The van der Waals surface area contributed by atoms with Crippen molar-refractivity contribution in [3.8, 4) is 0 Å². The molecule has 12 heavy (non-hydrogen) atoms. The number of hydrogen-bond acceptors (Lipinski definition) is 2. The van der Waals surface area contributed by atoms with Crippen molar-refractivity contribution in [2.75, 3.05) is 6.54 Å². The second-order valence-corrected chi connectivity index (χ2v) is 3.69. The number of halogens is 2. The van der Waals surface area contributed by atoms with E-state index in [0.717, 1.165) is 10.0 Å². The van der Waals surface area contributed by atoms with Crippen molar-refractivity contribution in [2.45, 2.75) is 6.10 Å². The average Bonchev–Trinajstić information content (AvgIpc) is 2.08. The van der Waals surface area contributed by atoms with E-state index in [2.05, 4.69) is 15.9 Å². The van der Waals surface area contributed by atoms with Gasteiger partial charge >= 0.3 is 0 Å². The van der Waals surface area contributed by atoms with Crippen molar-refractivity contribution in [3.05, 3.63) is 33.3 Å². The Labute approximate surface area is 84.5 Å². The summed E-state index contributed by atoms with van der Waals surface area (Å²) in [6, 6.07) is 5.27. The molecule has 1 rings (SSSR count). The van der Waals surface area contributed by atoms with Gasteiger partial charge in [-0.3, -0.25) is 0 Å². The van der Waals surface area contributed by atoms with Gasteiger partial charge in [-0.15, -0.1) is 0 Å². The molecular weight excluding hydrogens is 241 g/mol. The molecule has 0 saturated heterocycles. The Morgan fingerprint density at radius 2 is 2.25 bits per heavy atom. The van der Waals surface area contributed by atoms with Gasteiger partial charge in [0.15, 0.2) is 0 Å². The molecule has 1 aromatic carbocycles. The molecule has 0 aromatic heterocycles. The topological polar surface area (TPSA) is 46.2 Å². The van der Waals surface area contributed by atoms with E-state index in [-0.39, 0.29) is 6.54 Å². The van der Waals surface area contributed by atoms with Crippen LogP contribution in [0.3, 0.4) is 0 Å². The van der Waals surface area contributed by atoms with Gasteiger partial charge in [0.2, 0.25) is 0 Å². The van der Waals surface area contributed by atoms with Gasteiger partial charge in [0, 0.05) is 11.0 Å². The van der Waals surface area contributed by atoms with E-state index in [4.69, 9.17) is 17.3 Å². The maximum Gasteiger partial charge on any atom is 0.0912 e. The molecule has 2 nitrogen and oxygen atoms in total. The molecule has 1 aromatic rings. The normalized spacial score (nSPS) is 13.0. The molecule has 0 aliphatic rings. The molecule has 0 spiro atoms. The van der Waals surface area contributed by atoms with Crippen LogP contribution in [-0.2, 0) is 0 Å². The summed E-state index contributed by atoms with van der Waals surface area (Å²) >= 11 is 9.07. The molecule has 0 amide bonds. The van der Waals surface area contributed by atoms with Crippen molar-refractivity contribution in [2.24, 2.45) is 5.73 Å². The van der Waals surface area contributed by atoms with Crippen LogP contribution in [0.4, 0.5) is 0 Å². The van der Waals surface area contributed by atoms with Crippen LogP contribution in [0.2, 0.25) is 5.02 Å². The fraction of sp³-hybridized carbons (Fsp3) is 0.250. The van der Waals surface area contributed by atoms with E-state index < -0.39 is 6.10 Å². The molecule has 0 heterocycles. The number of hydrogen-bond donors (Lipinski definition) is 2. The first kappa shape index (κ1) is 9.99. The second-order valence-electron chi connectivity index (χ2n) is 2.43. The highest BCUT2D eigenvalue weighted by Gasteiger charge is 2.06. The van der Waals surface area contributed by atoms with Gasteiger partial charge < -0.3 is 10.8 Å². The van der Waals surface area contributed by atoms with Crippen LogP contribution in [0.25, 0.3) is 0 Å². The van der Waals surface area contributed by atoms with Crippen LogP contribution in [0, 0.1) is 0 Å². The quantitative estimate of drug-likeness (QED) is 0.844. The van der Waals surface area contributed by atoms with Gasteiger partial charge in [-0.2, -0.15) is 0 Å². The van der Waals surface area contributed by atoms with Crippen LogP contribution < -0.4 is 5.73 Å². The molecule has 0 saturated carbocycles. The summed E-state index contributed by atoms with van der Waals surface area (Å²) < 4.78 is 0.817. The van der Waals surface area contributed by atoms with Crippen molar-refractivity contribution < 1.29 is 5.11 Å². The molecular formula is C8H9BrClNO. The lowest BCUT2D eigenvalue weighted by atomic mass is 10.1. The third kappa shape index (κ3) is 2.20. The highest BCUT2D eigenvalue weighted by atomic mass is 79.9. The van der Waals surface area contributed by atoms with Crippen molar-refractivity contribution >= 4 is 27.5 Å². The number of rotatable bonds is 2. The van der Waals surface area contributed by atoms with E-state index in [0.29, 0.717) is 5.02 Å². The first-order chi connectivity index (χ1) is 5.65. The van der Waals surface area contributed by atoms with E-state index in [9.17, 15) is 5.11 Å². The molecule has 0 unspecified atom stereocenters. The summed E-state index contributed by atoms with van der Waals surface area (Å²) in [6.07, 6.45) is -0.629. The predicted octanol–water partition coefficient (Wildman–Crippen LogP) is 2.09. The third-order valence-corrected chi connectivity index (χ3v) is 2.78. The first-order valence-electron chi connectivity index (χ1n) is 3.48. The molecule has 66 valence electrons. The molecule has 0 bridgehead atoms. The van der Waals surface area contributed by atoms with Gasteiger partial charge in [-0.25, -0.2) is 0 Å². The van der Waals surface area contributed by atoms with Crippen LogP contribution in [0.1, 0.15) is 11.7 Å². The Bertz CT molecular complexity index is 280. The number of nitrogens with two attached hydrogens (primary N) is 1. The predicted molar refractivity (Wildman–Crippen MR) is 53.2 cm³/mol. The lowest BCUT2D eigenvalue weighted by Gasteiger charge is -2.08. The zero-order valence-corrected chi connectivity index (χ0v) is 8.64. The highest BCUT2D eigenvalue weighted by molar-refractivity contribution is 9.10. The van der Waals surface area contributed by atoms with Crippen molar-refractivity contribution in [3.63, 3.8) is 0 Å². The summed E-state index contributed by atoms with van der Waals surface area (Å²) in [4.78, 5) is 0. The summed E-state index contributed by atoms with van der Waals surface area (Å²) in [5.41, 5.74) is 6.03. The van der Waals surface area contributed by atoms with Gasteiger partial charge in [-0.1, -0.05) is 17.7 Å². The van der Waals surface area contributed by atoms with Crippen molar-refractivity contribution in [1.29, 1.82) is 0 Å². The van der Waals surface area contributed by atoms with Gasteiger partial charge in [0.05, 0.1) is 11.1 Å². The summed E-state index contributed by atoms with van der Waals surface area (Å²) in [5.74, 6) is 0. The highest BCUT2D eigenvalue weighted by Crippen LogP contribution is 2.25. The maximum atomic E-state index is 9.35. The first-order valence-corrected chi connectivity index (χ1v) is 4.65. The Hall–Kier alpha value is -0.0900. The minimum absolute atomic E-state index is 0.206. The maximum absolute atomic E-state index is 9.35. The largest absolute Gasteiger partial charge is 0.387 e. The van der Waals surface area contributed by atoms with Crippen LogP contribution in [-0.4, -0.2) is 11.7 Å². The van der Waals surface area contributed by atoms with Gasteiger partial charge in [0.1, 0.15) is 0 Å². The zero-order chi connectivity index (χ0) is 9.14. The summed E-state index contributed by atoms with van der Waals surface area (Å²) in [7, 11) is 0. The fourth-order valence-corrected chi connectivity index (χ4v) is 1.29. The van der Waals surface area contributed by atoms with E-state index in [1.54, 1.807) is 18.2 Å². The minimum Gasteiger partial charge on any atom is -0.387 e. The molecule has 1 atom stereocenters. The second kappa shape index (κ2) is 4.23. The van der Waals surface area contributed by atoms with Crippen molar-refractivity contribution in [1.82, 2.24) is 0 Å². The van der Waals surface area contributed by atoms with Gasteiger partial charge in [-0.05, 0) is 33.6 Å². The lowest BCUT2D eigenvalue weighted by Crippen LogP contribution is -2.11. The molecule has 0 fully saturated rings. The van der Waals surface area contributed by atoms with Gasteiger partial charge in [0.25, 0.3) is 0 Å². The number of benzene rings is 1. The number of aliphatic hydroxyl groups is 1. The molecule has 4 heteroatoms. The summed E-state index contributed by atoms with van der Waals surface area (Å²) in [5, 5.41) is 9.93. The Morgan fingerprint density at radius 1 is 1.58 bits per heavy atom. The molecule has 0 aliphatic heterocycles. The third-order valence-electron chi connectivity index (χ3n) is 1.55. The summed E-state index contributed by atoms with van der Waals surface area (Å²) in [6.45, 7) is 0.206. The molecule has 3 N–H and O–H groups in total. The van der Waals surface area contributed by atoms with Crippen LogP contribution >= 0.6 is 27.5 Å². The van der Waals surface area contributed by atoms with E-state index in [1.165, 1.54) is 0 Å². The SMILES string of the molecule is NC[C@H](O)c1ccc(Br)c(Cl)c1. The van der Waals surface area contributed by atoms with E-state index in [1.807, 2.05) is 0 Å². The Balaban J connectivity index is 2.96. The zero-order valence-electron chi connectivity index (χ0n) is 6.30. The average molecular weight is 251 g/mol. The number of aliphatic hydroxyl groups excluding tert-OH is 1. The molecule has 0 radical (unpaired) electrons. The van der Waals surface area contributed by atoms with Crippen LogP contribution in [0.15, 0.2) is 22.7 Å². The fourth-order valence-electron chi connectivity index (χ4n) is 0.856.